The van der Waals surface area contributed by atoms with Gasteiger partial charge in [-0.05, 0) is 44.3 Å². The third-order valence-corrected chi connectivity index (χ3v) is 5.77. The first-order valence-electron chi connectivity index (χ1n) is 10.1. The summed E-state index contributed by atoms with van der Waals surface area (Å²) in [5, 5.41) is 3.22. The monoisotopic (exact) mass is 406 g/mol. The van der Waals surface area contributed by atoms with E-state index in [0.717, 1.165) is 43.6 Å². The van der Waals surface area contributed by atoms with Crippen molar-refractivity contribution in [1.82, 2.24) is 24.6 Å². The van der Waals surface area contributed by atoms with Crippen LogP contribution in [0.15, 0.2) is 36.4 Å². The number of aromatic nitrogens is 3. The summed E-state index contributed by atoms with van der Waals surface area (Å²) in [5.74, 6) is -0.291. The third-order valence-electron chi connectivity index (χ3n) is 5.77. The minimum absolute atomic E-state index is 0.266. The zero-order chi connectivity index (χ0) is 20.8. The number of rotatable bonds is 2. The van der Waals surface area contributed by atoms with Crippen molar-refractivity contribution in [3.8, 4) is 0 Å². The molecule has 1 amide bonds. The number of anilines is 1. The van der Waals surface area contributed by atoms with E-state index in [9.17, 15) is 4.79 Å². The van der Waals surface area contributed by atoms with Gasteiger partial charge in [0.1, 0.15) is 5.65 Å². The highest BCUT2D eigenvalue weighted by atomic mass is 19.1. The number of imidazole rings is 1. The van der Waals surface area contributed by atoms with Crippen LogP contribution in [0.2, 0.25) is 0 Å². The lowest BCUT2D eigenvalue weighted by Crippen LogP contribution is -2.30. The van der Waals surface area contributed by atoms with Gasteiger partial charge < -0.3 is 15.1 Å². The number of hydrogen-bond donors (Lipinski definition) is 1. The number of amides is 1. The largest absolute Gasteiger partial charge is 0.355 e. The number of benzene rings is 1. The van der Waals surface area contributed by atoms with E-state index in [1.54, 1.807) is 13.1 Å². The van der Waals surface area contributed by atoms with Gasteiger partial charge in [-0.3, -0.25) is 9.20 Å². The van der Waals surface area contributed by atoms with Gasteiger partial charge in [-0.2, -0.15) is 0 Å². The Morgan fingerprint density at radius 1 is 1.07 bits per heavy atom. The van der Waals surface area contributed by atoms with Crippen LogP contribution in [0.5, 0.6) is 0 Å². The molecule has 0 atom stereocenters. The fourth-order valence-electron chi connectivity index (χ4n) is 4.19. The van der Waals surface area contributed by atoms with Crippen LogP contribution in [0.3, 0.4) is 0 Å². The number of pyridine rings is 2. The van der Waals surface area contributed by atoms with Crippen LogP contribution in [0, 0.1) is 5.82 Å². The summed E-state index contributed by atoms with van der Waals surface area (Å²) >= 11 is 0. The third kappa shape index (κ3) is 2.95. The van der Waals surface area contributed by atoms with Crippen LogP contribution < -0.4 is 10.2 Å². The second kappa shape index (κ2) is 7.21. The number of nitrogens with zero attached hydrogens (tertiary/aromatic N) is 5. The summed E-state index contributed by atoms with van der Waals surface area (Å²) in [4.78, 5) is 26.2. The Kier molecular flexibility index (Phi) is 4.51. The van der Waals surface area contributed by atoms with Crippen LogP contribution in [0.25, 0.3) is 27.7 Å². The topological polar surface area (TPSA) is 65.8 Å². The lowest BCUT2D eigenvalue weighted by Gasteiger charge is -2.22. The molecule has 1 fully saturated rings. The highest BCUT2D eigenvalue weighted by Crippen LogP contribution is 2.29. The van der Waals surface area contributed by atoms with E-state index in [4.69, 9.17) is 4.98 Å². The van der Waals surface area contributed by atoms with Crippen molar-refractivity contribution in [2.24, 2.45) is 0 Å². The zero-order valence-corrected chi connectivity index (χ0v) is 17.0. The van der Waals surface area contributed by atoms with E-state index in [0.29, 0.717) is 28.1 Å². The Bertz CT molecular complexity index is 1280. The Morgan fingerprint density at radius 2 is 1.90 bits per heavy atom. The van der Waals surface area contributed by atoms with Crippen molar-refractivity contribution in [3.63, 3.8) is 0 Å². The smallest absolute Gasteiger partial charge is 0.254 e. The molecule has 0 unspecified atom stereocenters. The summed E-state index contributed by atoms with van der Waals surface area (Å²) in [7, 11) is 3.65. The Hall–Kier alpha value is -3.26. The van der Waals surface area contributed by atoms with Gasteiger partial charge in [0.15, 0.2) is 17.3 Å². The quantitative estimate of drug-likeness (QED) is 0.555. The van der Waals surface area contributed by atoms with E-state index in [-0.39, 0.29) is 11.7 Å². The molecule has 0 spiro atoms. The number of carbonyl (C=O) groups is 1. The number of halogens is 1. The number of fused-ring (bicyclic) bond motifs is 5. The average Bonchev–Trinajstić information content (AvgIpc) is 3.01. The number of carbonyl (C=O) groups excluding carboxylic acids is 1. The normalized spacial score (nSPS) is 15.8. The van der Waals surface area contributed by atoms with Gasteiger partial charge in [0.2, 0.25) is 0 Å². The van der Waals surface area contributed by atoms with Gasteiger partial charge >= 0.3 is 0 Å². The fraction of sp³-hybridized carbons (Fsp3) is 0.318. The van der Waals surface area contributed by atoms with Crippen molar-refractivity contribution >= 4 is 39.4 Å². The van der Waals surface area contributed by atoms with Crippen LogP contribution in [-0.2, 0) is 0 Å². The molecular formula is C22H23FN6O. The minimum Gasteiger partial charge on any atom is -0.355 e. The molecule has 3 aromatic heterocycles. The molecule has 5 rings (SSSR count). The van der Waals surface area contributed by atoms with Crippen molar-refractivity contribution in [2.45, 2.75) is 6.42 Å². The summed E-state index contributed by atoms with van der Waals surface area (Å²) in [6.07, 6.45) is 0.953. The van der Waals surface area contributed by atoms with Crippen molar-refractivity contribution < 1.29 is 9.18 Å². The number of nitrogens with one attached hydrogen (secondary N) is 1. The second-order valence-corrected chi connectivity index (χ2v) is 7.75. The molecule has 0 bridgehead atoms. The molecule has 0 aliphatic carbocycles. The van der Waals surface area contributed by atoms with Crippen molar-refractivity contribution in [1.29, 1.82) is 0 Å². The van der Waals surface area contributed by atoms with E-state index in [2.05, 4.69) is 22.2 Å². The number of likely N-dealkylation sites (N-methyl/N-ethyl adjacent to an activating group) is 1. The van der Waals surface area contributed by atoms with Gasteiger partial charge in [0.25, 0.3) is 5.91 Å². The van der Waals surface area contributed by atoms with Crippen LogP contribution in [0.1, 0.15) is 16.8 Å². The molecule has 1 aromatic carbocycles. The van der Waals surface area contributed by atoms with Gasteiger partial charge in [0, 0.05) is 32.1 Å². The number of hydrogen-bond acceptors (Lipinski definition) is 5. The highest BCUT2D eigenvalue weighted by Gasteiger charge is 2.22. The van der Waals surface area contributed by atoms with E-state index in [1.165, 1.54) is 6.07 Å². The van der Waals surface area contributed by atoms with E-state index >= 15 is 4.39 Å². The van der Waals surface area contributed by atoms with Crippen molar-refractivity contribution in [2.75, 3.05) is 45.2 Å². The van der Waals surface area contributed by atoms with Crippen molar-refractivity contribution in [3.05, 3.63) is 47.8 Å². The van der Waals surface area contributed by atoms with Gasteiger partial charge in [-0.1, -0.05) is 12.1 Å². The SMILES string of the molecule is CNC(=O)c1cc2cc(F)c(N3CCCN(C)CC3)nc2n2c1nc1ccccc12. The molecule has 7 nitrogen and oxygen atoms in total. The van der Waals surface area contributed by atoms with E-state index < -0.39 is 0 Å². The summed E-state index contributed by atoms with van der Waals surface area (Å²) in [6, 6.07) is 10.8. The maximum absolute atomic E-state index is 15.1. The predicted octanol–water partition coefficient (Wildman–Crippen LogP) is 2.68. The fourth-order valence-corrected chi connectivity index (χ4v) is 4.19. The van der Waals surface area contributed by atoms with Gasteiger partial charge in [-0.25, -0.2) is 14.4 Å². The molecule has 1 aliphatic heterocycles. The molecule has 0 saturated carbocycles. The lowest BCUT2D eigenvalue weighted by atomic mass is 10.1. The Balaban J connectivity index is 1.80. The highest BCUT2D eigenvalue weighted by molar-refractivity contribution is 6.05. The summed E-state index contributed by atoms with van der Waals surface area (Å²) in [6.45, 7) is 3.32. The van der Waals surface area contributed by atoms with Crippen LogP contribution in [0.4, 0.5) is 10.2 Å². The maximum Gasteiger partial charge on any atom is 0.254 e. The molecule has 1 N–H and O–H groups in total. The zero-order valence-electron chi connectivity index (χ0n) is 17.0. The van der Waals surface area contributed by atoms with Gasteiger partial charge in [-0.15, -0.1) is 0 Å². The number of para-hydroxylation sites is 2. The van der Waals surface area contributed by atoms with Gasteiger partial charge in [0.05, 0.1) is 16.6 Å². The minimum atomic E-state index is -0.376. The Morgan fingerprint density at radius 3 is 2.73 bits per heavy atom. The first-order chi connectivity index (χ1) is 14.6. The molecule has 1 saturated heterocycles. The summed E-state index contributed by atoms with van der Waals surface area (Å²) < 4.78 is 17.0. The maximum atomic E-state index is 15.1. The molecular weight excluding hydrogens is 383 g/mol. The second-order valence-electron chi connectivity index (χ2n) is 7.75. The van der Waals surface area contributed by atoms with E-state index in [1.807, 2.05) is 33.6 Å². The molecule has 0 radical (unpaired) electrons. The first kappa shape index (κ1) is 18.7. The molecule has 4 heterocycles. The molecule has 154 valence electrons. The molecule has 30 heavy (non-hydrogen) atoms. The molecule has 8 heteroatoms. The standard InChI is InChI=1S/C22H23FN6O/c1-24-22(30)15-12-14-13-16(23)21(28-9-5-8-27(2)10-11-28)26-19(14)29-18-7-4-3-6-17(18)25-20(15)29/h3-4,6-7,12-13H,5,8-11H2,1-2H3,(H,24,30). The predicted molar refractivity (Wildman–Crippen MR) is 116 cm³/mol. The molecule has 4 aromatic rings. The first-order valence-corrected chi connectivity index (χ1v) is 10.1. The van der Waals surface area contributed by atoms with Crippen LogP contribution in [-0.4, -0.2) is 65.5 Å². The van der Waals surface area contributed by atoms with Crippen LogP contribution >= 0.6 is 0 Å². The molecule has 1 aliphatic rings. The average molecular weight is 406 g/mol. The lowest BCUT2D eigenvalue weighted by molar-refractivity contribution is 0.0964. The summed E-state index contributed by atoms with van der Waals surface area (Å²) in [5.41, 5.74) is 3.11. The Labute approximate surface area is 173 Å².